The molecule has 1 aliphatic carbocycles. The van der Waals surface area contributed by atoms with Crippen molar-refractivity contribution < 1.29 is 38.6 Å². The standard InChI is InChI=1S/C34H60N6O8/c1-7-9-10-14-18-26-20(3)33(46)40(6)25(15-8-2)30(43)39-28(23-16-12-11-13-17-23)32(45)37-24(19-35)29(42)38-27(22(5)41)31(44)36-21(4)34(47)48-26/h20-28,41H,7-19,35H2,1-6H3,(H,36,44)(H,37,45)(H,38,42)(H,39,43)/t20-,21-,22+,24+,25+,26-,27+,28+/m1/s1. The van der Waals surface area contributed by atoms with Crippen molar-refractivity contribution in [3.8, 4) is 0 Å². The SMILES string of the molecule is CCCCCC[C@H]1OC(=O)[C@@H](C)NC(=O)[C@H]([C@H](C)O)NC(=O)[C@H](CN)NC(=O)[C@H](C2CCCCC2)NC(=O)[C@H](CCC)N(C)C(=O)[C@@H]1C. The van der Waals surface area contributed by atoms with Gasteiger partial charge in [-0.15, -0.1) is 0 Å². The maximum atomic E-state index is 14.0. The lowest BCUT2D eigenvalue weighted by Gasteiger charge is -2.35. The molecular formula is C34H60N6O8. The summed E-state index contributed by atoms with van der Waals surface area (Å²) in [5.41, 5.74) is 5.88. The van der Waals surface area contributed by atoms with E-state index in [2.05, 4.69) is 28.2 Å². The molecule has 274 valence electrons. The first-order valence-electron chi connectivity index (χ1n) is 17.8. The average molecular weight is 681 g/mol. The third-order valence-electron chi connectivity index (χ3n) is 9.58. The van der Waals surface area contributed by atoms with Gasteiger partial charge in [0, 0.05) is 13.6 Å². The van der Waals surface area contributed by atoms with Crippen molar-refractivity contribution in [2.75, 3.05) is 13.6 Å². The number of likely N-dealkylation sites (N-methyl/N-ethyl adjacent to an activating group) is 1. The number of carbonyl (C=O) groups is 6. The molecule has 0 aromatic carbocycles. The largest absolute Gasteiger partial charge is 0.460 e. The zero-order valence-electron chi connectivity index (χ0n) is 29.7. The molecule has 0 unspecified atom stereocenters. The van der Waals surface area contributed by atoms with Gasteiger partial charge >= 0.3 is 5.97 Å². The highest BCUT2D eigenvalue weighted by Gasteiger charge is 2.39. The molecule has 8 atom stereocenters. The fourth-order valence-electron chi connectivity index (χ4n) is 6.47. The smallest absolute Gasteiger partial charge is 0.328 e. The van der Waals surface area contributed by atoms with E-state index in [-0.39, 0.29) is 12.5 Å². The first-order valence-corrected chi connectivity index (χ1v) is 17.8. The number of unbranched alkanes of at least 4 members (excludes halogenated alkanes) is 3. The number of rotatable bonds is 10. The van der Waals surface area contributed by atoms with E-state index in [1.165, 1.54) is 18.7 Å². The summed E-state index contributed by atoms with van der Waals surface area (Å²) < 4.78 is 5.85. The van der Waals surface area contributed by atoms with E-state index in [1.54, 1.807) is 14.0 Å². The van der Waals surface area contributed by atoms with Crippen LogP contribution in [-0.2, 0) is 33.5 Å². The molecular weight excluding hydrogens is 620 g/mol. The van der Waals surface area contributed by atoms with E-state index in [1.807, 2.05) is 6.92 Å². The van der Waals surface area contributed by atoms with E-state index in [0.717, 1.165) is 38.5 Å². The number of esters is 1. The van der Waals surface area contributed by atoms with Crippen molar-refractivity contribution in [2.45, 2.75) is 154 Å². The highest BCUT2D eigenvalue weighted by molar-refractivity contribution is 5.96. The molecule has 2 rings (SSSR count). The Morgan fingerprint density at radius 1 is 0.833 bits per heavy atom. The number of aliphatic hydroxyl groups excluding tert-OH is 1. The molecule has 1 saturated heterocycles. The van der Waals surface area contributed by atoms with Gasteiger partial charge in [-0.25, -0.2) is 4.79 Å². The second-order valence-corrected chi connectivity index (χ2v) is 13.5. The Bertz CT molecular complexity index is 1100. The molecule has 2 aliphatic rings. The highest BCUT2D eigenvalue weighted by atomic mass is 16.5. The number of carbonyl (C=O) groups excluding carboxylic acids is 6. The van der Waals surface area contributed by atoms with Crippen LogP contribution in [0.5, 0.6) is 0 Å². The fraction of sp³-hybridized carbons (Fsp3) is 0.824. The normalized spacial score (nSPS) is 30.2. The van der Waals surface area contributed by atoms with Crippen molar-refractivity contribution in [2.24, 2.45) is 17.6 Å². The van der Waals surface area contributed by atoms with Crippen LogP contribution >= 0.6 is 0 Å². The number of amides is 5. The molecule has 0 spiro atoms. The Morgan fingerprint density at radius 2 is 1.50 bits per heavy atom. The summed E-state index contributed by atoms with van der Waals surface area (Å²) in [6, 6.07) is -5.85. The lowest BCUT2D eigenvalue weighted by atomic mass is 9.83. The van der Waals surface area contributed by atoms with Crippen LogP contribution in [0, 0.1) is 11.8 Å². The van der Waals surface area contributed by atoms with Crippen LogP contribution in [0.25, 0.3) is 0 Å². The number of ether oxygens (including phenoxy) is 1. The van der Waals surface area contributed by atoms with Crippen LogP contribution in [0.4, 0.5) is 0 Å². The predicted molar refractivity (Wildman–Crippen MR) is 180 cm³/mol. The number of hydrogen-bond acceptors (Lipinski definition) is 9. The van der Waals surface area contributed by atoms with Crippen molar-refractivity contribution in [1.82, 2.24) is 26.2 Å². The minimum Gasteiger partial charge on any atom is -0.460 e. The van der Waals surface area contributed by atoms with E-state index >= 15 is 0 Å². The van der Waals surface area contributed by atoms with Crippen LogP contribution in [0.2, 0.25) is 0 Å². The predicted octanol–water partition coefficient (Wildman–Crippen LogP) is 1.02. The van der Waals surface area contributed by atoms with Crippen LogP contribution in [0.3, 0.4) is 0 Å². The van der Waals surface area contributed by atoms with E-state index in [0.29, 0.717) is 38.5 Å². The molecule has 0 radical (unpaired) electrons. The maximum absolute atomic E-state index is 14.0. The van der Waals surface area contributed by atoms with Crippen molar-refractivity contribution in [3.63, 3.8) is 0 Å². The zero-order chi connectivity index (χ0) is 36.0. The summed E-state index contributed by atoms with van der Waals surface area (Å²) in [6.45, 7) is 8.02. The minimum atomic E-state index is -1.48. The third kappa shape index (κ3) is 11.7. The minimum absolute atomic E-state index is 0.204. The first kappa shape index (κ1) is 40.9. The number of aliphatic hydroxyl groups is 1. The second-order valence-electron chi connectivity index (χ2n) is 13.5. The van der Waals surface area contributed by atoms with Gasteiger partial charge in [0.05, 0.1) is 12.0 Å². The molecule has 14 nitrogen and oxygen atoms in total. The highest BCUT2D eigenvalue weighted by Crippen LogP contribution is 2.27. The Morgan fingerprint density at radius 3 is 2.08 bits per heavy atom. The molecule has 1 aliphatic heterocycles. The molecule has 2 fully saturated rings. The molecule has 1 heterocycles. The number of nitrogens with zero attached hydrogens (tertiary/aromatic N) is 1. The molecule has 0 aromatic rings. The van der Waals surface area contributed by atoms with E-state index in [9.17, 15) is 33.9 Å². The summed E-state index contributed by atoms with van der Waals surface area (Å²) in [7, 11) is 1.54. The zero-order valence-corrected chi connectivity index (χ0v) is 29.7. The van der Waals surface area contributed by atoms with Gasteiger partial charge in [-0.3, -0.25) is 24.0 Å². The Hall–Kier alpha value is -3.26. The molecule has 7 N–H and O–H groups in total. The van der Waals surface area contributed by atoms with Gasteiger partial charge in [0.1, 0.15) is 36.3 Å². The Balaban J connectivity index is 2.57. The van der Waals surface area contributed by atoms with Gasteiger partial charge in [0.2, 0.25) is 29.5 Å². The van der Waals surface area contributed by atoms with Gasteiger partial charge in [-0.1, -0.05) is 65.7 Å². The van der Waals surface area contributed by atoms with Crippen LogP contribution < -0.4 is 27.0 Å². The summed E-state index contributed by atoms with van der Waals surface area (Å²) in [5, 5.41) is 20.9. The topological polar surface area (TPSA) is 209 Å². The quantitative estimate of drug-likeness (QED) is 0.144. The van der Waals surface area contributed by atoms with Crippen molar-refractivity contribution in [3.05, 3.63) is 0 Å². The van der Waals surface area contributed by atoms with Crippen molar-refractivity contribution >= 4 is 35.5 Å². The molecule has 5 amide bonds. The summed E-state index contributed by atoms with van der Waals surface area (Å²) in [6.07, 6.45) is 6.78. The second kappa shape index (κ2) is 20.3. The van der Waals surface area contributed by atoms with Crippen molar-refractivity contribution in [1.29, 1.82) is 0 Å². The molecule has 0 bridgehead atoms. The van der Waals surface area contributed by atoms with Gasteiger partial charge < -0.3 is 41.7 Å². The Labute approximate surface area is 285 Å². The average Bonchev–Trinajstić information content (AvgIpc) is 3.06. The van der Waals surface area contributed by atoms with E-state index in [4.69, 9.17) is 10.5 Å². The first-order chi connectivity index (χ1) is 22.8. The number of hydrogen-bond donors (Lipinski definition) is 6. The van der Waals surface area contributed by atoms with Gasteiger partial charge in [-0.2, -0.15) is 0 Å². The molecule has 0 aromatic heterocycles. The van der Waals surface area contributed by atoms with Crippen LogP contribution in [0.15, 0.2) is 0 Å². The van der Waals surface area contributed by atoms with Gasteiger partial charge in [0.15, 0.2) is 0 Å². The lowest BCUT2D eigenvalue weighted by Crippen LogP contribution is -2.62. The number of nitrogens with two attached hydrogens (primary N) is 1. The van der Waals surface area contributed by atoms with Gasteiger partial charge in [0.25, 0.3) is 0 Å². The Kier molecular flexibility index (Phi) is 17.3. The summed E-state index contributed by atoms with van der Waals surface area (Å²) in [5.74, 6) is -4.96. The van der Waals surface area contributed by atoms with Crippen LogP contribution in [-0.4, -0.2) is 102 Å². The lowest BCUT2D eigenvalue weighted by molar-refractivity contribution is -0.160. The molecule has 48 heavy (non-hydrogen) atoms. The van der Waals surface area contributed by atoms with E-state index < -0.39 is 83.8 Å². The number of nitrogens with one attached hydrogen (secondary N) is 4. The summed E-state index contributed by atoms with van der Waals surface area (Å²) in [4.78, 5) is 82.9. The fourth-order valence-corrected chi connectivity index (χ4v) is 6.47. The number of cyclic esters (lactones) is 1. The third-order valence-corrected chi connectivity index (χ3v) is 9.58. The summed E-state index contributed by atoms with van der Waals surface area (Å²) >= 11 is 0. The molecule has 14 heteroatoms. The van der Waals surface area contributed by atoms with Gasteiger partial charge in [-0.05, 0) is 51.9 Å². The molecule has 1 saturated carbocycles. The van der Waals surface area contributed by atoms with Crippen LogP contribution in [0.1, 0.15) is 112 Å². The monoisotopic (exact) mass is 680 g/mol. The maximum Gasteiger partial charge on any atom is 0.328 e.